The van der Waals surface area contributed by atoms with E-state index in [-0.39, 0.29) is 17.7 Å². The van der Waals surface area contributed by atoms with Crippen LogP contribution in [0.1, 0.15) is 29.5 Å². The number of aryl methyl sites for hydroxylation is 2. The summed E-state index contributed by atoms with van der Waals surface area (Å²) >= 11 is 0. The fourth-order valence-electron chi connectivity index (χ4n) is 3.38. The number of carbonyl (C=O) groups excluding carboxylic acids is 2. The Hall–Kier alpha value is -2.73. The van der Waals surface area contributed by atoms with Crippen LogP contribution in [0.3, 0.4) is 0 Å². The molecule has 1 aromatic carbocycles. The van der Waals surface area contributed by atoms with Gasteiger partial charge >= 0.3 is 0 Å². The molecule has 2 heterocycles. The van der Waals surface area contributed by atoms with Gasteiger partial charge in [-0.25, -0.2) is 4.98 Å². The molecule has 0 aliphatic carbocycles. The molecule has 148 valence electrons. The van der Waals surface area contributed by atoms with E-state index < -0.39 is 0 Å². The number of hydrogen-bond acceptors (Lipinski definition) is 4. The molecule has 28 heavy (non-hydrogen) atoms. The molecule has 6 nitrogen and oxygen atoms in total. The maximum atomic E-state index is 12.4. The lowest BCUT2D eigenvalue weighted by Gasteiger charge is -2.30. The molecule has 3 rings (SSSR count). The Kier molecular flexibility index (Phi) is 6.76. The Morgan fingerprint density at radius 2 is 1.86 bits per heavy atom. The van der Waals surface area contributed by atoms with Crippen LogP contribution in [-0.4, -0.2) is 41.3 Å². The maximum absolute atomic E-state index is 12.4. The Balaban J connectivity index is 1.39. The van der Waals surface area contributed by atoms with E-state index in [4.69, 9.17) is 0 Å². The fourth-order valence-corrected chi connectivity index (χ4v) is 3.38. The summed E-state index contributed by atoms with van der Waals surface area (Å²) in [5.41, 5.74) is 3.38. The molecule has 0 spiro atoms. The van der Waals surface area contributed by atoms with Gasteiger partial charge in [-0.15, -0.1) is 0 Å². The smallest absolute Gasteiger partial charge is 0.234 e. The Labute approximate surface area is 166 Å². The molecule has 1 aromatic heterocycles. The Bertz CT molecular complexity index is 812. The van der Waals surface area contributed by atoms with Crippen LogP contribution < -0.4 is 10.6 Å². The third-order valence-corrected chi connectivity index (χ3v) is 5.23. The van der Waals surface area contributed by atoms with Crippen LogP contribution >= 0.6 is 0 Å². The van der Waals surface area contributed by atoms with Crippen molar-refractivity contribution < 1.29 is 9.59 Å². The van der Waals surface area contributed by atoms with Gasteiger partial charge in [0.15, 0.2) is 0 Å². The summed E-state index contributed by atoms with van der Waals surface area (Å²) in [5, 5.41) is 5.88. The van der Waals surface area contributed by atoms with Gasteiger partial charge in [-0.2, -0.15) is 0 Å². The van der Waals surface area contributed by atoms with Crippen molar-refractivity contribution in [1.29, 1.82) is 0 Å². The van der Waals surface area contributed by atoms with Gasteiger partial charge in [0.25, 0.3) is 0 Å². The number of piperidine rings is 1. The highest BCUT2D eigenvalue weighted by Gasteiger charge is 2.26. The molecular weight excluding hydrogens is 352 g/mol. The number of hydrogen-bond donors (Lipinski definition) is 2. The van der Waals surface area contributed by atoms with E-state index >= 15 is 0 Å². The topological polar surface area (TPSA) is 74.3 Å². The van der Waals surface area contributed by atoms with E-state index in [0.717, 1.165) is 37.1 Å². The lowest BCUT2D eigenvalue weighted by molar-refractivity contribution is -0.123. The van der Waals surface area contributed by atoms with Crippen LogP contribution in [0.15, 0.2) is 42.6 Å². The van der Waals surface area contributed by atoms with Gasteiger partial charge in [0.1, 0.15) is 5.82 Å². The van der Waals surface area contributed by atoms with Crippen molar-refractivity contribution in [3.8, 4) is 0 Å². The van der Waals surface area contributed by atoms with Crippen molar-refractivity contribution in [2.45, 2.75) is 33.2 Å². The minimum Gasteiger partial charge on any atom is -0.351 e. The first kappa shape index (κ1) is 20.0. The molecule has 6 heteroatoms. The highest BCUT2D eigenvalue weighted by Crippen LogP contribution is 2.19. The van der Waals surface area contributed by atoms with Crippen molar-refractivity contribution >= 4 is 17.6 Å². The number of amides is 2. The number of aromatic nitrogens is 1. The normalized spacial score (nSPS) is 15.2. The van der Waals surface area contributed by atoms with Gasteiger partial charge in [0.05, 0.1) is 6.54 Å². The summed E-state index contributed by atoms with van der Waals surface area (Å²) in [6.07, 6.45) is 3.25. The van der Waals surface area contributed by atoms with Crippen molar-refractivity contribution in [2.24, 2.45) is 5.92 Å². The second kappa shape index (κ2) is 9.46. The van der Waals surface area contributed by atoms with E-state index in [1.54, 1.807) is 6.20 Å². The fraction of sp³-hybridized carbons (Fsp3) is 0.409. The van der Waals surface area contributed by atoms with Gasteiger partial charge in [0, 0.05) is 18.7 Å². The summed E-state index contributed by atoms with van der Waals surface area (Å²) in [4.78, 5) is 31.0. The van der Waals surface area contributed by atoms with Crippen molar-refractivity contribution in [3.05, 3.63) is 59.3 Å². The van der Waals surface area contributed by atoms with Crippen molar-refractivity contribution in [1.82, 2.24) is 15.2 Å². The molecule has 0 atom stereocenters. The number of nitrogens with zero attached hydrogens (tertiary/aromatic N) is 2. The number of anilines is 1. The highest BCUT2D eigenvalue weighted by molar-refractivity contribution is 5.91. The largest absolute Gasteiger partial charge is 0.351 e. The average Bonchev–Trinajstić information content (AvgIpc) is 2.69. The minimum absolute atomic E-state index is 0.0139. The van der Waals surface area contributed by atoms with E-state index in [1.165, 1.54) is 5.56 Å². The van der Waals surface area contributed by atoms with Crippen molar-refractivity contribution in [3.63, 3.8) is 0 Å². The molecule has 2 amide bonds. The first-order valence-electron chi connectivity index (χ1n) is 9.78. The molecule has 1 aliphatic rings. The summed E-state index contributed by atoms with van der Waals surface area (Å²) in [7, 11) is 0. The van der Waals surface area contributed by atoms with Crippen LogP contribution in [0.5, 0.6) is 0 Å². The molecule has 2 N–H and O–H groups in total. The molecule has 1 saturated heterocycles. The highest BCUT2D eigenvalue weighted by atomic mass is 16.2. The van der Waals surface area contributed by atoms with Crippen LogP contribution in [0, 0.1) is 19.8 Å². The number of carbonyl (C=O) groups is 2. The molecule has 1 fully saturated rings. The molecule has 1 aliphatic heterocycles. The van der Waals surface area contributed by atoms with Crippen LogP contribution in [0.25, 0.3) is 0 Å². The molecule has 2 aromatic rings. The third kappa shape index (κ3) is 5.63. The number of likely N-dealkylation sites (tertiary alicyclic amines) is 1. The molecule has 0 unspecified atom stereocenters. The quantitative estimate of drug-likeness (QED) is 0.808. The van der Waals surface area contributed by atoms with Gasteiger partial charge in [0.2, 0.25) is 11.8 Å². The molecule has 0 bridgehead atoms. The zero-order chi connectivity index (χ0) is 19.9. The monoisotopic (exact) mass is 380 g/mol. The standard InChI is InChI=1S/C22H28N4O2/c1-16-7-8-20(23-13-16)25-22(28)18-9-11-26(12-10-18)15-21(27)24-14-19-6-4-3-5-17(19)2/h3-8,13,18H,9-12,14-15H2,1-2H3,(H,24,27)(H,23,25,28). The molecule has 0 saturated carbocycles. The van der Waals surface area contributed by atoms with Gasteiger partial charge in [-0.05, 0) is 62.5 Å². The van der Waals surface area contributed by atoms with E-state index in [0.29, 0.717) is 18.9 Å². The predicted octanol–water partition coefficient (Wildman–Crippen LogP) is 2.67. The summed E-state index contributed by atoms with van der Waals surface area (Å²) in [6, 6.07) is 11.8. The van der Waals surface area contributed by atoms with Crippen LogP contribution in [-0.2, 0) is 16.1 Å². The summed E-state index contributed by atoms with van der Waals surface area (Å²) in [5.74, 6) is 0.595. The number of rotatable bonds is 6. The zero-order valence-corrected chi connectivity index (χ0v) is 16.6. The van der Waals surface area contributed by atoms with Gasteiger partial charge in [-0.3, -0.25) is 14.5 Å². The third-order valence-electron chi connectivity index (χ3n) is 5.23. The summed E-state index contributed by atoms with van der Waals surface area (Å²) < 4.78 is 0. The minimum atomic E-state index is -0.0330. The summed E-state index contributed by atoms with van der Waals surface area (Å²) in [6.45, 7) is 6.43. The van der Waals surface area contributed by atoms with E-state index in [9.17, 15) is 9.59 Å². The zero-order valence-electron chi connectivity index (χ0n) is 16.6. The van der Waals surface area contributed by atoms with Gasteiger partial charge < -0.3 is 10.6 Å². The lowest BCUT2D eigenvalue weighted by atomic mass is 9.96. The second-order valence-electron chi connectivity index (χ2n) is 7.46. The first-order chi connectivity index (χ1) is 13.5. The van der Waals surface area contributed by atoms with Crippen LogP contribution in [0.4, 0.5) is 5.82 Å². The number of nitrogens with one attached hydrogen (secondary N) is 2. The Morgan fingerprint density at radius 1 is 1.11 bits per heavy atom. The van der Waals surface area contributed by atoms with E-state index in [1.807, 2.05) is 50.2 Å². The van der Waals surface area contributed by atoms with Gasteiger partial charge in [-0.1, -0.05) is 30.3 Å². The van der Waals surface area contributed by atoms with Crippen molar-refractivity contribution in [2.75, 3.05) is 25.0 Å². The molecular formula is C22H28N4O2. The predicted molar refractivity (Wildman–Crippen MR) is 110 cm³/mol. The number of pyridine rings is 1. The Morgan fingerprint density at radius 3 is 2.54 bits per heavy atom. The first-order valence-corrected chi connectivity index (χ1v) is 9.78. The van der Waals surface area contributed by atoms with Crippen LogP contribution in [0.2, 0.25) is 0 Å². The maximum Gasteiger partial charge on any atom is 0.234 e. The second-order valence-corrected chi connectivity index (χ2v) is 7.46. The van der Waals surface area contributed by atoms with E-state index in [2.05, 4.69) is 20.5 Å². The number of benzene rings is 1. The average molecular weight is 380 g/mol. The SMILES string of the molecule is Cc1ccc(NC(=O)C2CCN(CC(=O)NCc3ccccc3C)CC2)nc1. The lowest BCUT2D eigenvalue weighted by Crippen LogP contribution is -2.43. The molecule has 0 radical (unpaired) electrons.